The normalized spacial score (nSPS) is 13.1. The van der Waals surface area contributed by atoms with Gasteiger partial charge in [-0.25, -0.2) is 4.79 Å². The van der Waals surface area contributed by atoms with Crippen LogP contribution in [0.15, 0.2) is 65.8 Å². The largest absolute Gasteiger partial charge is 0.497 e. The minimum Gasteiger partial charge on any atom is -0.497 e. The van der Waals surface area contributed by atoms with Gasteiger partial charge in [0.25, 0.3) is 5.91 Å². The van der Waals surface area contributed by atoms with Crippen LogP contribution in [0.2, 0.25) is 0 Å². The molecule has 1 aliphatic heterocycles. The number of carbonyl (C=O) groups excluding carboxylic acids is 2. The van der Waals surface area contributed by atoms with Crippen LogP contribution in [0, 0.1) is 0 Å². The Morgan fingerprint density at radius 3 is 2.45 bits per heavy atom. The van der Waals surface area contributed by atoms with Gasteiger partial charge in [0, 0.05) is 32.3 Å². The zero-order valence-corrected chi connectivity index (χ0v) is 19.1. The first kappa shape index (κ1) is 22.3. The quantitative estimate of drug-likeness (QED) is 0.509. The highest BCUT2D eigenvalue weighted by Crippen LogP contribution is 2.23. The lowest BCUT2D eigenvalue weighted by atomic mass is 10.1. The smallest absolute Gasteiger partial charge is 0.338 e. The maximum Gasteiger partial charge on any atom is 0.338 e. The summed E-state index contributed by atoms with van der Waals surface area (Å²) in [6.45, 7) is 2.94. The first-order valence-corrected chi connectivity index (χ1v) is 10.8. The molecule has 0 spiro atoms. The maximum absolute atomic E-state index is 12.5. The fourth-order valence-corrected chi connectivity index (χ4v) is 3.71. The van der Waals surface area contributed by atoms with Crippen molar-refractivity contribution in [3.8, 4) is 5.75 Å². The highest BCUT2D eigenvalue weighted by molar-refractivity contribution is 5.92. The Morgan fingerprint density at radius 1 is 1.03 bits per heavy atom. The van der Waals surface area contributed by atoms with E-state index in [1.165, 1.54) is 0 Å². The van der Waals surface area contributed by atoms with Crippen LogP contribution >= 0.6 is 0 Å². The summed E-state index contributed by atoms with van der Waals surface area (Å²) in [6, 6.07) is 18.9. The van der Waals surface area contributed by atoms with Gasteiger partial charge < -0.3 is 14.4 Å². The molecule has 3 aromatic rings. The standard InChI is InChI=1S/C26H27N3O4/c1-18-12-13-29(27-18)23-9-6-20(7-10-23)26(31)33-17-25(30)28(2)16-19-4-5-22-15-24(32-3)11-8-21(22)14-19/h4-11,14-15H,12-13,16-17H2,1-3H3. The van der Waals surface area contributed by atoms with Gasteiger partial charge in [0.2, 0.25) is 0 Å². The molecule has 1 aliphatic rings. The van der Waals surface area contributed by atoms with Crippen molar-refractivity contribution >= 4 is 34.0 Å². The fraction of sp³-hybridized carbons (Fsp3) is 0.269. The fourth-order valence-electron chi connectivity index (χ4n) is 3.71. The molecule has 0 N–H and O–H groups in total. The molecule has 33 heavy (non-hydrogen) atoms. The zero-order chi connectivity index (χ0) is 23.4. The number of likely N-dealkylation sites (N-methyl/N-ethyl adjacent to an activating group) is 1. The van der Waals surface area contributed by atoms with Crippen LogP contribution in [0.5, 0.6) is 5.75 Å². The van der Waals surface area contributed by atoms with E-state index in [1.807, 2.05) is 60.5 Å². The molecule has 7 nitrogen and oxygen atoms in total. The third-order valence-electron chi connectivity index (χ3n) is 5.66. The number of nitrogens with zero attached hydrogens (tertiary/aromatic N) is 3. The van der Waals surface area contributed by atoms with Crippen LogP contribution in [0.25, 0.3) is 10.8 Å². The number of anilines is 1. The lowest BCUT2D eigenvalue weighted by Crippen LogP contribution is -2.30. The molecule has 0 radical (unpaired) electrons. The van der Waals surface area contributed by atoms with Gasteiger partial charge in [0.15, 0.2) is 6.61 Å². The first-order valence-electron chi connectivity index (χ1n) is 10.8. The zero-order valence-electron chi connectivity index (χ0n) is 19.1. The molecular formula is C26H27N3O4. The van der Waals surface area contributed by atoms with E-state index >= 15 is 0 Å². The second-order valence-corrected chi connectivity index (χ2v) is 8.13. The number of fused-ring (bicyclic) bond motifs is 1. The second kappa shape index (κ2) is 9.73. The number of esters is 1. The number of hydrogen-bond donors (Lipinski definition) is 0. The molecule has 0 saturated heterocycles. The van der Waals surface area contributed by atoms with Crippen molar-refractivity contribution in [2.75, 3.05) is 32.3 Å². The van der Waals surface area contributed by atoms with Gasteiger partial charge in [-0.3, -0.25) is 9.80 Å². The molecule has 7 heteroatoms. The average molecular weight is 446 g/mol. The van der Waals surface area contributed by atoms with Crippen molar-refractivity contribution in [2.24, 2.45) is 5.10 Å². The summed E-state index contributed by atoms with van der Waals surface area (Å²) in [5.41, 5.74) is 3.40. The van der Waals surface area contributed by atoms with Crippen LogP contribution in [0.3, 0.4) is 0 Å². The summed E-state index contributed by atoms with van der Waals surface area (Å²) in [7, 11) is 3.34. The summed E-state index contributed by atoms with van der Waals surface area (Å²) in [6.07, 6.45) is 0.938. The van der Waals surface area contributed by atoms with Gasteiger partial charge >= 0.3 is 5.97 Å². The van der Waals surface area contributed by atoms with Gasteiger partial charge in [-0.1, -0.05) is 18.2 Å². The van der Waals surface area contributed by atoms with Gasteiger partial charge in [0.1, 0.15) is 5.75 Å². The van der Waals surface area contributed by atoms with Crippen molar-refractivity contribution in [2.45, 2.75) is 19.9 Å². The minimum atomic E-state index is -0.524. The Bertz CT molecular complexity index is 1200. The molecule has 3 aromatic carbocycles. The number of hydrogen-bond acceptors (Lipinski definition) is 6. The molecule has 1 heterocycles. The number of hydrazone groups is 1. The molecule has 4 rings (SSSR count). The molecule has 1 amide bonds. The second-order valence-electron chi connectivity index (χ2n) is 8.13. The van der Waals surface area contributed by atoms with E-state index in [9.17, 15) is 9.59 Å². The topological polar surface area (TPSA) is 71.4 Å². The third kappa shape index (κ3) is 5.31. The third-order valence-corrected chi connectivity index (χ3v) is 5.66. The molecule has 170 valence electrons. The summed E-state index contributed by atoms with van der Waals surface area (Å²) >= 11 is 0. The van der Waals surface area contributed by atoms with Crippen LogP contribution in [0.4, 0.5) is 5.69 Å². The number of ether oxygens (including phenoxy) is 2. The van der Waals surface area contributed by atoms with Crippen molar-refractivity contribution in [1.29, 1.82) is 0 Å². The molecule has 0 aliphatic carbocycles. The van der Waals surface area contributed by atoms with E-state index in [0.717, 1.165) is 46.5 Å². The molecule has 0 atom stereocenters. The maximum atomic E-state index is 12.5. The molecular weight excluding hydrogens is 418 g/mol. The Balaban J connectivity index is 1.30. The number of amides is 1. The van der Waals surface area contributed by atoms with Gasteiger partial charge in [-0.15, -0.1) is 0 Å². The van der Waals surface area contributed by atoms with Crippen LogP contribution in [-0.2, 0) is 16.1 Å². The van der Waals surface area contributed by atoms with E-state index in [0.29, 0.717) is 12.1 Å². The summed E-state index contributed by atoms with van der Waals surface area (Å²) < 4.78 is 10.5. The average Bonchev–Trinajstić information content (AvgIpc) is 3.28. The predicted octanol–water partition coefficient (Wildman–Crippen LogP) is 4.25. The first-order chi connectivity index (χ1) is 15.9. The van der Waals surface area contributed by atoms with E-state index in [1.54, 1.807) is 31.2 Å². The Labute approximate surface area is 193 Å². The Kier molecular flexibility index (Phi) is 6.58. The van der Waals surface area contributed by atoms with E-state index in [-0.39, 0.29) is 12.5 Å². The number of methoxy groups -OCH3 is 1. The number of carbonyl (C=O) groups is 2. The number of benzene rings is 3. The molecule has 0 unspecified atom stereocenters. The molecule has 0 saturated carbocycles. The van der Waals surface area contributed by atoms with Crippen LogP contribution in [-0.4, -0.2) is 49.8 Å². The molecule has 0 bridgehead atoms. The van der Waals surface area contributed by atoms with Crippen LogP contribution in [0.1, 0.15) is 29.3 Å². The Morgan fingerprint density at radius 2 is 1.76 bits per heavy atom. The lowest BCUT2D eigenvalue weighted by molar-refractivity contribution is -0.133. The minimum absolute atomic E-state index is 0.267. The van der Waals surface area contributed by atoms with E-state index in [2.05, 4.69) is 5.10 Å². The van der Waals surface area contributed by atoms with Crippen molar-refractivity contribution in [3.63, 3.8) is 0 Å². The molecule has 0 aromatic heterocycles. The highest BCUT2D eigenvalue weighted by atomic mass is 16.5. The highest BCUT2D eigenvalue weighted by Gasteiger charge is 2.16. The van der Waals surface area contributed by atoms with Gasteiger partial charge in [0.05, 0.1) is 18.4 Å². The monoisotopic (exact) mass is 445 g/mol. The van der Waals surface area contributed by atoms with Gasteiger partial charge in [-0.05, 0) is 65.7 Å². The van der Waals surface area contributed by atoms with E-state index < -0.39 is 5.97 Å². The SMILES string of the molecule is COc1ccc2cc(CN(C)C(=O)COC(=O)c3ccc(N4CCC(C)=N4)cc3)ccc2c1. The molecule has 0 fully saturated rings. The summed E-state index contributed by atoms with van der Waals surface area (Å²) in [5, 5.41) is 8.49. The van der Waals surface area contributed by atoms with Crippen molar-refractivity contribution < 1.29 is 19.1 Å². The summed E-state index contributed by atoms with van der Waals surface area (Å²) in [4.78, 5) is 26.4. The number of rotatable bonds is 7. The van der Waals surface area contributed by atoms with E-state index in [4.69, 9.17) is 9.47 Å². The predicted molar refractivity (Wildman–Crippen MR) is 129 cm³/mol. The Hall–Kier alpha value is -3.87. The van der Waals surface area contributed by atoms with Crippen molar-refractivity contribution in [1.82, 2.24) is 4.90 Å². The lowest BCUT2D eigenvalue weighted by Gasteiger charge is -2.18. The van der Waals surface area contributed by atoms with Gasteiger partial charge in [-0.2, -0.15) is 5.10 Å². The van der Waals surface area contributed by atoms with Crippen LogP contribution < -0.4 is 9.75 Å². The summed E-state index contributed by atoms with van der Waals surface area (Å²) in [5.74, 6) is 0.0133. The van der Waals surface area contributed by atoms with Crippen molar-refractivity contribution in [3.05, 3.63) is 71.8 Å².